The number of aromatic nitrogens is 1. The van der Waals surface area contributed by atoms with Gasteiger partial charge in [0.2, 0.25) is 0 Å². The number of hydrogen-bond acceptors (Lipinski definition) is 9. The highest BCUT2D eigenvalue weighted by atomic mass is 16.7. The van der Waals surface area contributed by atoms with Gasteiger partial charge in [0.05, 0.1) is 11.0 Å². The molecule has 1 aromatic heterocycles. The minimum atomic E-state index is -2.32. The highest BCUT2D eigenvalue weighted by Gasteiger charge is 3.12. The van der Waals surface area contributed by atoms with Gasteiger partial charge in [-0.15, -0.1) is 0 Å². The van der Waals surface area contributed by atoms with Crippen molar-refractivity contribution in [2.24, 2.45) is 16.7 Å². The quantitative estimate of drug-likeness (QED) is 0.205. The number of esters is 1. The van der Waals surface area contributed by atoms with Crippen molar-refractivity contribution in [2.75, 3.05) is 0 Å². The van der Waals surface area contributed by atoms with E-state index in [1.54, 1.807) is 39.1 Å². The molecule has 2 aromatic rings. The van der Waals surface area contributed by atoms with Gasteiger partial charge in [-0.05, 0) is 48.9 Å². The number of rotatable bonds is 4. The SMILES string of the molecule is C=C1CC[C@@]23OB(c4ccccc4)O[C@@]45[C@H](OC(=O)c6ccc[nH]6)[C@](O)(C(C)C)[C@]6(C)[C@]4(O)[C@@]2(O[C@@]6(O)C[C@@]35C)[C@@H]1O. The zero-order valence-corrected chi connectivity index (χ0v) is 24.1. The lowest BCUT2D eigenvalue weighted by Gasteiger charge is -2.65. The second kappa shape index (κ2) is 7.40. The summed E-state index contributed by atoms with van der Waals surface area (Å²) in [7, 11) is -1.08. The highest BCUT2D eigenvalue weighted by molar-refractivity contribution is 6.61. The van der Waals surface area contributed by atoms with Gasteiger partial charge in [0.15, 0.2) is 17.5 Å². The van der Waals surface area contributed by atoms with Crippen LogP contribution in [-0.2, 0) is 18.8 Å². The van der Waals surface area contributed by atoms with Crippen LogP contribution in [0.25, 0.3) is 0 Å². The maximum Gasteiger partial charge on any atom is 0.495 e. The number of nitrogens with one attached hydrogen (secondary N) is 1. The molecule has 9 rings (SSSR count). The minimum absolute atomic E-state index is 0.104. The summed E-state index contributed by atoms with van der Waals surface area (Å²) in [6.45, 7) is 11.0. The molecule has 5 N–H and O–H groups in total. The monoisotopic (exact) mass is 577 g/mol. The Balaban J connectivity index is 1.49. The normalized spacial score (nSPS) is 51.4. The molecule has 7 bridgehead atoms. The predicted molar refractivity (Wildman–Crippen MR) is 148 cm³/mol. The summed E-state index contributed by atoms with van der Waals surface area (Å²) < 4.78 is 26.9. The van der Waals surface area contributed by atoms with Crippen LogP contribution in [0.15, 0.2) is 60.8 Å². The maximum absolute atomic E-state index is 13.7. The first-order valence-corrected chi connectivity index (χ1v) is 14.7. The maximum atomic E-state index is 13.7. The largest absolute Gasteiger partial charge is 0.495 e. The number of aromatic amines is 1. The van der Waals surface area contributed by atoms with Gasteiger partial charge < -0.3 is 44.2 Å². The minimum Gasteiger partial charge on any atom is -0.451 e. The Bertz CT molecular complexity index is 1540. The Morgan fingerprint density at radius 3 is 2.45 bits per heavy atom. The summed E-state index contributed by atoms with van der Waals surface area (Å²) in [4.78, 5) is 16.6. The van der Waals surface area contributed by atoms with E-state index in [-0.39, 0.29) is 12.1 Å². The van der Waals surface area contributed by atoms with Gasteiger partial charge >= 0.3 is 13.1 Å². The molecule has 4 saturated carbocycles. The molecule has 7 fully saturated rings. The average Bonchev–Trinajstić information content (AvgIpc) is 3.56. The van der Waals surface area contributed by atoms with Crippen LogP contribution in [0, 0.1) is 16.7 Å². The topological polar surface area (TPSA) is 151 Å². The zero-order valence-electron chi connectivity index (χ0n) is 24.1. The number of ether oxygens (including phenoxy) is 2. The third kappa shape index (κ3) is 2.15. The number of carbonyl (C=O) groups is 1. The summed E-state index contributed by atoms with van der Waals surface area (Å²) in [5.41, 5.74) is -11.8. The number of aliphatic hydroxyl groups excluding tert-OH is 1. The summed E-state index contributed by atoms with van der Waals surface area (Å²) >= 11 is 0. The number of H-pyrrole nitrogens is 1. The van der Waals surface area contributed by atoms with Crippen LogP contribution in [0.1, 0.15) is 57.4 Å². The van der Waals surface area contributed by atoms with E-state index >= 15 is 0 Å². The lowest BCUT2D eigenvalue weighted by molar-refractivity contribution is -0.387. The molecule has 3 saturated heterocycles. The van der Waals surface area contributed by atoms with E-state index in [1.165, 1.54) is 0 Å². The average molecular weight is 577 g/mol. The molecular formula is C31H36BNO9. The van der Waals surface area contributed by atoms with Crippen molar-refractivity contribution in [1.29, 1.82) is 0 Å². The molecule has 0 radical (unpaired) electrons. The summed E-state index contributed by atoms with van der Waals surface area (Å²) in [5, 5.41) is 51.4. The second-order valence-corrected chi connectivity index (χ2v) is 13.9. The fraction of sp³-hybridized carbons (Fsp3) is 0.581. The lowest BCUT2D eigenvalue weighted by Crippen LogP contribution is -2.79. The molecular weight excluding hydrogens is 541 g/mol. The van der Waals surface area contributed by atoms with E-state index in [2.05, 4.69) is 11.6 Å². The van der Waals surface area contributed by atoms with Crippen molar-refractivity contribution in [1.82, 2.24) is 4.98 Å². The second-order valence-electron chi connectivity index (χ2n) is 13.9. The van der Waals surface area contributed by atoms with Gasteiger partial charge in [0.1, 0.15) is 28.6 Å². The van der Waals surface area contributed by atoms with Gasteiger partial charge in [-0.2, -0.15) is 0 Å². The number of benzene rings is 1. The van der Waals surface area contributed by atoms with E-state index < -0.39 is 75.8 Å². The molecule has 1 aromatic carbocycles. The molecule has 10 atom stereocenters. The molecule has 42 heavy (non-hydrogen) atoms. The van der Waals surface area contributed by atoms with Crippen molar-refractivity contribution in [2.45, 2.75) is 93.0 Å². The Morgan fingerprint density at radius 1 is 1.10 bits per heavy atom. The van der Waals surface area contributed by atoms with Crippen LogP contribution in [0.5, 0.6) is 0 Å². The van der Waals surface area contributed by atoms with E-state index in [4.69, 9.17) is 18.8 Å². The van der Waals surface area contributed by atoms with Crippen LogP contribution >= 0.6 is 0 Å². The standard InChI is InChI=1S/C31H36BNO9/c1-17(2)28(37)23(39-22(35)20-12-9-15-33-20)30-24(4)16-27(36)25(28,5)31(30,38)29(40-27)21(34)18(3)13-14-26(24,29)41-32(42-30)19-10-7-6-8-11-19/h6-12,15,17,21,23,33-34,36-38H,3,13-14,16H2,1-2,4-5H3/t21-,23-,24+,25-,26+,27+,28-,29-,30-,31+/m1/s1. The van der Waals surface area contributed by atoms with Crippen molar-refractivity contribution in [3.8, 4) is 0 Å². The molecule has 3 aliphatic heterocycles. The number of aliphatic hydroxyl groups is 4. The smallest absolute Gasteiger partial charge is 0.451 e. The number of hydrogen-bond donors (Lipinski definition) is 5. The van der Waals surface area contributed by atoms with Gasteiger partial charge in [0, 0.05) is 18.0 Å². The van der Waals surface area contributed by atoms with Gasteiger partial charge in [-0.1, -0.05) is 57.7 Å². The summed E-state index contributed by atoms with van der Waals surface area (Å²) in [6, 6.07) is 12.4. The van der Waals surface area contributed by atoms with E-state index in [0.29, 0.717) is 23.9 Å². The van der Waals surface area contributed by atoms with Crippen LogP contribution in [0.3, 0.4) is 0 Å². The fourth-order valence-electron chi connectivity index (χ4n) is 10.9. The third-order valence-corrected chi connectivity index (χ3v) is 12.5. The van der Waals surface area contributed by atoms with Crippen LogP contribution in [0.4, 0.5) is 0 Å². The van der Waals surface area contributed by atoms with Gasteiger partial charge in [-0.25, -0.2) is 4.79 Å². The van der Waals surface area contributed by atoms with Crippen LogP contribution in [0.2, 0.25) is 0 Å². The van der Waals surface area contributed by atoms with Crippen molar-refractivity contribution in [3.63, 3.8) is 0 Å². The Labute approximate surface area is 243 Å². The van der Waals surface area contributed by atoms with Crippen LogP contribution < -0.4 is 5.46 Å². The van der Waals surface area contributed by atoms with Gasteiger partial charge in [0.25, 0.3) is 0 Å². The van der Waals surface area contributed by atoms with Crippen molar-refractivity contribution in [3.05, 3.63) is 66.5 Å². The predicted octanol–water partition coefficient (Wildman–Crippen LogP) is 1.19. The van der Waals surface area contributed by atoms with Gasteiger partial charge in [-0.3, -0.25) is 0 Å². The Hall–Kier alpha value is -2.51. The summed E-state index contributed by atoms with van der Waals surface area (Å²) in [5.74, 6) is -3.59. The molecule has 4 aliphatic carbocycles. The third-order valence-electron chi connectivity index (χ3n) is 12.5. The van der Waals surface area contributed by atoms with Crippen molar-refractivity contribution >= 4 is 18.6 Å². The van der Waals surface area contributed by atoms with Crippen LogP contribution in [-0.4, -0.2) is 84.5 Å². The summed E-state index contributed by atoms with van der Waals surface area (Å²) in [6.07, 6.45) is -0.853. The lowest BCUT2D eigenvalue weighted by atomic mass is 9.51. The Morgan fingerprint density at radius 2 is 1.81 bits per heavy atom. The molecule has 11 heteroatoms. The highest BCUT2D eigenvalue weighted by Crippen LogP contribution is 2.92. The molecule has 0 amide bonds. The number of carbonyl (C=O) groups excluding carboxylic acids is 1. The first-order chi connectivity index (χ1) is 19.7. The molecule has 222 valence electrons. The molecule has 0 unspecified atom stereocenters. The zero-order chi connectivity index (χ0) is 29.9. The first kappa shape index (κ1) is 27.1. The van der Waals surface area contributed by atoms with Crippen molar-refractivity contribution < 1.29 is 44.0 Å². The fourth-order valence-corrected chi connectivity index (χ4v) is 10.9. The molecule has 10 nitrogen and oxygen atoms in total. The molecule has 4 heterocycles. The molecule has 7 aliphatic rings. The first-order valence-electron chi connectivity index (χ1n) is 14.7. The molecule has 3 spiro atoms. The Kier molecular flexibility index (Phi) is 4.77. The van der Waals surface area contributed by atoms with E-state index in [1.807, 2.05) is 37.3 Å². The van der Waals surface area contributed by atoms with E-state index in [9.17, 15) is 25.2 Å². The van der Waals surface area contributed by atoms with E-state index in [0.717, 1.165) is 0 Å².